The van der Waals surface area contributed by atoms with E-state index in [1.165, 1.54) is 38.9 Å². The molecule has 2 amide bonds. The topological polar surface area (TPSA) is 111 Å². The Morgan fingerprint density at radius 3 is 2.27 bits per heavy atom. The smallest absolute Gasteiger partial charge is 0.305 e. The van der Waals surface area contributed by atoms with Gasteiger partial charge in [0.25, 0.3) is 0 Å². The number of methoxy groups -OCH3 is 1. The Kier molecular flexibility index (Phi) is 13.5. The maximum atomic E-state index is 15.1. The zero-order valence-corrected chi connectivity index (χ0v) is 36.2. The number of benzene rings is 2. The van der Waals surface area contributed by atoms with Gasteiger partial charge in [0.05, 0.1) is 12.0 Å². The summed E-state index contributed by atoms with van der Waals surface area (Å²) < 4.78 is 47.2. The second-order valence-electron chi connectivity index (χ2n) is 18.6. The molecular formula is C47H64FN5O6S. The van der Waals surface area contributed by atoms with E-state index >= 15 is 4.39 Å². The van der Waals surface area contributed by atoms with Crippen LogP contribution in [0.3, 0.4) is 0 Å². The number of likely N-dealkylation sites (tertiary alicyclic amines) is 4. The highest BCUT2D eigenvalue weighted by Gasteiger charge is 2.53. The maximum absolute atomic E-state index is 15.1. The molecule has 0 radical (unpaired) electrons. The van der Waals surface area contributed by atoms with Crippen molar-refractivity contribution < 1.29 is 31.9 Å². The SMILES string of the molecule is COC(=O)C[C@H]1CCC[C@@H]1[C@](CN1CCC1)(c1cccc(F)c1)C1CCN(C[C@@H]2CC(=O)N(c3ccc(S(=O)(=O)C4CN(C(=O)/C=C/CN5CCCCC5)C4)cc3)C2)CC1. The molecule has 326 valence electrons. The highest BCUT2D eigenvalue weighted by molar-refractivity contribution is 7.92. The van der Waals surface area contributed by atoms with Gasteiger partial charge in [0.1, 0.15) is 11.1 Å². The minimum absolute atomic E-state index is 0.0459. The van der Waals surface area contributed by atoms with Gasteiger partial charge >= 0.3 is 5.97 Å². The van der Waals surface area contributed by atoms with E-state index in [4.69, 9.17) is 4.74 Å². The molecule has 13 heteroatoms. The predicted molar refractivity (Wildman–Crippen MR) is 230 cm³/mol. The van der Waals surface area contributed by atoms with Crippen LogP contribution in [0.15, 0.2) is 65.6 Å². The quantitative estimate of drug-likeness (QED) is 0.169. The van der Waals surface area contributed by atoms with Crippen molar-refractivity contribution in [1.29, 1.82) is 0 Å². The van der Waals surface area contributed by atoms with Crippen LogP contribution < -0.4 is 4.90 Å². The Labute approximate surface area is 356 Å². The number of nitrogens with zero attached hydrogens (tertiary/aromatic N) is 5. The summed E-state index contributed by atoms with van der Waals surface area (Å²) in [6.45, 7) is 9.37. The van der Waals surface area contributed by atoms with Crippen LogP contribution in [0.25, 0.3) is 0 Å². The van der Waals surface area contributed by atoms with Crippen LogP contribution in [0.1, 0.15) is 76.2 Å². The number of esters is 1. The molecule has 2 aromatic carbocycles. The maximum Gasteiger partial charge on any atom is 0.305 e. The van der Waals surface area contributed by atoms with E-state index in [2.05, 4.69) is 20.8 Å². The van der Waals surface area contributed by atoms with Gasteiger partial charge in [0.2, 0.25) is 11.8 Å². The lowest BCUT2D eigenvalue weighted by atomic mass is 9.56. The summed E-state index contributed by atoms with van der Waals surface area (Å²) in [4.78, 5) is 49.7. The number of sulfone groups is 1. The fourth-order valence-electron chi connectivity index (χ4n) is 11.6. The van der Waals surface area contributed by atoms with Crippen LogP contribution in [0, 0.1) is 29.5 Å². The first-order chi connectivity index (χ1) is 29.0. The van der Waals surface area contributed by atoms with Crippen LogP contribution in [-0.4, -0.2) is 137 Å². The second kappa shape index (κ2) is 18.8. The minimum atomic E-state index is -3.62. The molecule has 1 aliphatic carbocycles. The highest BCUT2D eigenvalue weighted by atomic mass is 32.2. The van der Waals surface area contributed by atoms with E-state index < -0.39 is 15.1 Å². The van der Waals surface area contributed by atoms with Crippen LogP contribution >= 0.6 is 0 Å². The first kappa shape index (κ1) is 43.0. The first-order valence-corrected chi connectivity index (χ1v) is 24.2. The van der Waals surface area contributed by atoms with E-state index in [0.29, 0.717) is 31.0 Å². The van der Waals surface area contributed by atoms with Gasteiger partial charge in [-0.15, -0.1) is 0 Å². The van der Waals surface area contributed by atoms with Gasteiger partial charge in [0.15, 0.2) is 9.84 Å². The fourth-order valence-corrected chi connectivity index (χ4v) is 13.2. The van der Waals surface area contributed by atoms with Crippen molar-refractivity contribution in [1.82, 2.24) is 19.6 Å². The molecule has 8 rings (SSSR count). The lowest BCUT2D eigenvalue weighted by molar-refractivity contribution is -0.142. The van der Waals surface area contributed by atoms with E-state index in [0.717, 1.165) is 96.6 Å². The molecule has 2 aromatic rings. The molecule has 11 nitrogen and oxygen atoms in total. The molecule has 5 heterocycles. The molecule has 1 saturated carbocycles. The van der Waals surface area contributed by atoms with Crippen LogP contribution in [-0.2, 0) is 34.4 Å². The number of carbonyl (C=O) groups is 3. The molecule has 60 heavy (non-hydrogen) atoms. The first-order valence-electron chi connectivity index (χ1n) is 22.6. The largest absolute Gasteiger partial charge is 0.469 e. The summed E-state index contributed by atoms with van der Waals surface area (Å²) in [6.07, 6.45) is 14.1. The molecule has 0 aromatic heterocycles. The summed E-state index contributed by atoms with van der Waals surface area (Å²) in [7, 11) is -2.16. The Morgan fingerprint density at radius 1 is 0.850 bits per heavy atom. The van der Waals surface area contributed by atoms with Gasteiger partial charge in [-0.25, -0.2) is 12.8 Å². The average Bonchev–Trinajstić information content (AvgIpc) is 3.83. The van der Waals surface area contributed by atoms with Crippen molar-refractivity contribution in [3.63, 3.8) is 0 Å². The van der Waals surface area contributed by atoms with Crippen LogP contribution in [0.4, 0.5) is 10.1 Å². The van der Waals surface area contributed by atoms with E-state index in [9.17, 15) is 22.8 Å². The molecule has 0 spiro atoms. The Bertz CT molecular complexity index is 1970. The second-order valence-corrected chi connectivity index (χ2v) is 20.8. The van der Waals surface area contributed by atoms with Crippen LogP contribution in [0.2, 0.25) is 0 Å². The zero-order valence-electron chi connectivity index (χ0n) is 35.4. The van der Waals surface area contributed by atoms with Crippen molar-refractivity contribution >= 4 is 33.3 Å². The molecule has 0 bridgehead atoms. The molecule has 5 aliphatic heterocycles. The number of anilines is 1. The Hall–Kier alpha value is -3.65. The third-order valence-corrected chi connectivity index (χ3v) is 17.1. The standard InChI is InChI=1S/C47H64FN5O6S/c1-59-46(56)28-36-9-5-12-43(36)47(34-51-23-8-24-51,38-10-6-11-39(48)29-38)37-18-25-50(26-19-37)30-35-27-45(55)53(31-35)40-14-16-41(17-15-40)60(57,58)42-32-52(33-42)44(54)13-7-22-49-20-3-2-4-21-49/h6-7,10-11,13-17,29,35-37,42-43H,2-5,8-9,12,18-28,30-34H2,1H3/b13-7+/t35-,36+,43-,47-/m0/s1. The van der Waals surface area contributed by atoms with Crippen molar-refractivity contribution in [3.05, 3.63) is 72.1 Å². The van der Waals surface area contributed by atoms with Crippen molar-refractivity contribution in [2.24, 2.45) is 23.7 Å². The molecular weight excluding hydrogens is 782 g/mol. The van der Waals surface area contributed by atoms with E-state index in [-0.39, 0.29) is 64.8 Å². The molecule has 0 unspecified atom stereocenters. The van der Waals surface area contributed by atoms with Crippen molar-refractivity contribution in [2.45, 2.75) is 86.2 Å². The Morgan fingerprint density at radius 2 is 1.58 bits per heavy atom. The van der Waals surface area contributed by atoms with Gasteiger partial charge in [-0.3, -0.25) is 19.3 Å². The third-order valence-electron chi connectivity index (χ3n) is 15.0. The molecule has 6 fully saturated rings. The fraction of sp³-hybridized carbons (Fsp3) is 0.638. The summed E-state index contributed by atoms with van der Waals surface area (Å²) in [5.74, 6) is 0.456. The van der Waals surface area contributed by atoms with E-state index in [1.54, 1.807) is 46.2 Å². The van der Waals surface area contributed by atoms with E-state index in [1.807, 2.05) is 12.1 Å². The Balaban J connectivity index is 0.871. The summed E-state index contributed by atoms with van der Waals surface area (Å²) in [6, 6.07) is 14.0. The van der Waals surface area contributed by atoms with Gasteiger partial charge in [-0.1, -0.05) is 31.1 Å². The predicted octanol–water partition coefficient (Wildman–Crippen LogP) is 5.54. The third kappa shape index (κ3) is 9.25. The lowest BCUT2D eigenvalue weighted by Gasteiger charge is -2.54. The number of carbonyl (C=O) groups excluding carboxylic acids is 3. The van der Waals surface area contributed by atoms with Gasteiger partial charge < -0.3 is 24.3 Å². The van der Waals surface area contributed by atoms with Gasteiger partial charge in [-0.2, -0.15) is 0 Å². The summed E-state index contributed by atoms with van der Waals surface area (Å²) in [5.41, 5.74) is 1.50. The number of hydrogen-bond acceptors (Lipinski definition) is 9. The van der Waals surface area contributed by atoms with Gasteiger partial charge in [0, 0.05) is 69.3 Å². The average molecular weight is 846 g/mol. The molecule has 5 saturated heterocycles. The monoisotopic (exact) mass is 845 g/mol. The summed E-state index contributed by atoms with van der Waals surface area (Å²) >= 11 is 0. The number of halogens is 1. The number of rotatable bonds is 15. The molecule has 4 atom stereocenters. The molecule has 0 N–H and O–H groups in total. The number of piperidine rings is 2. The number of ether oxygens (including phenoxy) is 1. The van der Waals surface area contributed by atoms with Crippen LogP contribution in [0.5, 0.6) is 0 Å². The summed E-state index contributed by atoms with van der Waals surface area (Å²) in [5, 5.41) is -0.640. The minimum Gasteiger partial charge on any atom is -0.469 e. The van der Waals surface area contributed by atoms with Gasteiger partial charge in [-0.05, 0) is 150 Å². The normalized spacial score (nSPS) is 26.3. The number of amides is 2. The number of hydrogen-bond donors (Lipinski definition) is 0. The van der Waals surface area contributed by atoms with Crippen molar-refractivity contribution in [3.8, 4) is 0 Å². The highest BCUT2D eigenvalue weighted by Crippen LogP contribution is 2.54. The zero-order chi connectivity index (χ0) is 41.9. The molecule has 6 aliphatic rings. The van der Waals surface area contributed by atoms with Crippen molar-refractivity contribution in [2.75, 3.05) is 90.5 Å². The lowest BCUT2D eigenvalue weighted by Crippen LogP contribution is -2.57.